The highest BCUT2D eigenvalue weighted by molar-refractivity contribution is 5.93. The Balaban J connectivity index is 2.20. The number of imidazole rings is 1. The topological polar surface area (TPSA) is 67.1 Å². The molecule has 6 heteroatoms. The van der Waals surface area contributed by atoms with Crippen molar-refractivity contribution in [2.45, 2.75) is 19.4 Å². The van der Waals surface area contributed by atoms with Crippen molar-refractivity contribution in [2.75, 3.05) is 24.7 Å². The van der Waals surface area contributed by atoms with Crippen LogP contribution in [-0.4, -0.2) is 45.8 Å². The van der Waals surface area contributed by atoms with E-state index in [-0.39, 0.29) is 11.2 Å². The summed E-state index contributed by atoms with van der Waals surface area (Å²) in [4.78, 5) is 18.2. The monoisotopic (exact) mass is 275 g/mol. The maximum atomic E-state index is 11.6. The van der Waals surface area contributed by atoms with Crippen LogP contribution < -0.4 is 4.90 Å². The van der Waals surface area contributed by atoms with Gasteiger partial charge in [-0.15, -0.1) is 0 Å². The summed E-state index contributed by atoms with van der Waals surface area (Å²) in [5.74, 6) is -0.460. The fraction of sp³-hybridized carbons (Fsp3) is 0.429. The molecule has 1 N–H and O–H groups in total. The van der Waals surface area contributed by atoms with Crippen molar-refractivity contribution in [1.29, 1.82) is 0 Å². The third-order valence-electron chi connectivity index (χ3n) is 3.61. The molecule has 0 aliphatic carbocycles. The fourth-order valence-electron chi connectivity index (χ4n) is 2.62. The zero-order valence-corrected chi connectivity index (χ0v) is 11.5. The maximum Gasteiger partial charge on any atom is 0.356 e. The van der Waals surface area contributed by atoms with E-state index in [0.717, 1.165) is 0 Å². The van der Waals surface area contributed by atoms with Gasteiger partial charge in [0.2, 0.25) is 0 Å². The highest BCUT2D eigenvalue weighted by Gasteiger charge is 2.35. The van der Waals surface area contributed by atoms with Crippen molar-refractivity contribution < 1.29 is 14.6 Å². The first kappa shape index (κ1) is 12.9. The van der Waals surface area contributed by atoms with Gasteiger partial charge in [-0.25, -0.2) is 9.78 Å². The second kappa shape index (κ2) is 4.49. The van der Waals surface area contributed by atoms with Crippen molar-refractivity contribution in [2.24, 2.45) is 0 Å². The number of carbonyl (C=O) groups is 1. The summed E-state index contributed by atoms with van der Waals surface area (Å²) in [6.45, 7) is 5.83. The van der Waals surface area contributed by atoms with Crippen molar-refractivity contribution in [3.8, 4) is 0 Å². The Labute approximate surface area is 116 Å². The number of fused-ring (bicyclic) bond motifs is 1. The first-order chi connectivity index (χ1) is 9.50. The van der Waals surface area contributed by atoms with Gasteiger partial charge in [-0.3, -0.25) is 4.40 Å². The van der Waals surface area contributed by atoms with Gasteiger partial charge in [0.1, 0.15) is 5.65 Å². The smallest absolute Gasteiger partial charge is 0.356 e. The molecule has 20 heavy (non-hydrogen) atoms. The minimum absolute atomic E-state index is 0.204. The SMILES string of the molecule is CC1(C)COCCN1c1nc2ccccn2c1C(=O)O. The lowest BCUT2D eigenvalue weighted by Crippen LogP contribution is -2.53. The Morgan fingerprint density at radius 1 is 1.45 bits per heavy atom. The molecule has 1 aliphatic heterocycles. The second-order valence-electron chi connectivity index (χ2n) is 5.53. The summed E-state index contributed by atoms with van der Waals surface area (Å²) < 4.78 is 7.10. The van der Waals surface area contributed by atoms with E-state index in [1.54, 1.807) is 16.7 Å². The average molecular weight is 275 g/mol. The number of hydrogen-bond acceptors (Lipinski definition) is 4. The molecule has 0 amide bonds. The number of carboxylic acids is 1. The first-order valence-electron chi connectivity index (χ1n) is 6.56. The number of nitrogens with zero attached hydrogens (tertiary/aromatic N) is 3. The van der Waals surface area contributed by atoms with E-state index < -0.39 is 5.97 Å². The molecule has 0 spiro atoms. The number of rotatable bonds is 2. The molecule has 1 saturated heterocycles. The van der Waals surface area contributed by atoms with Crippen LogP contribution >= 0.6 is 0 Å². The predicted octanol–water partition coefficient (Wildman–Crippen LogP) is 1.65. The number of aromatic nitrogens is 2. The zero-order valence-electron chi connectivity index (χ0n) is 11.5. The van der Waals surface area contributed by atoms with Crippen molar-refractivity contribution in [3.05, 3.63) is 30.1 Å². The zero-order chi connectivity index (χ0) is 14.3. The second-order valence-corrected chi connectivity index (χ2v) is 5.53. The molecule has 1 fully saturated rings. The summed E-state index contributed by atoms with van der Waals surface area (Å²) in [7, 11) is 0. The molecule has 2 aromatic rings. The quantitative estimate of drug-likeness (QED) is 0.902. The van der Waals surface area contributed by atoms with Crippen LogP contribution in [0.3, 0.4) is 0 Å². The average Bonchev–Trinajstić information content (AvgIpc) is 2.76. The van der Waals surface area contributed by atoms with Crippen molar-refractivity contribution in [3.63, 3.8) is 0 Å². The number of morpholine rings is 1. The number of ether oxygens (including phenoxy) is 1. The molecule has 3 heterocycles. The van der Waals surface area contributed by atoms with E-state index in [2.05, 4.69) is 4.98 Å². The summed E-state index contributed by atoms with van der Waals surface area (Å²) in [6, 6.07) is 5.46. The molecule has 3 rings (SSSR count). The predicted molar refractivity (Wildman–Crippen MR) is 74.4 cm³/mol. The van der Waals surface area contributed by atoms with E-state index >= 15 is 0 Å². The molecule has 0 bridgehead atoms. The Morgan fingerprint density at radius 2 is 2.25 bits per heavy atom. The van der Waals surface area contributed by atoms with E-state index in [1.165, 1.54) is 0 Å². The summed E-state index contributed by atoms with van der Waals surface area (Å²) in [6.07, 6.45) is 1.72. The number of hydrogen-bond donors (Lipinski definition) is 1. The van der Waals surface area contributed by atoms with Gasteiger partial charge in [-0.1, -0.05) is 6.07 Å². The van der Waals surface area contributed by atoms with Gasteiger partial charge < -0.3 is 14.7 Å². The Kier molecular flexibility index (Phi) is 2.90. The molecule has 0 aromatic carbocycles. The highest BCUT2D eigenvalue weighted by Crippen LogP contribution is 2.30. The van der Waals surface area contributed by atoms with Crippen LogP contribution in [-0.2, 0) is 4.74 Å². The number of pyridine rings is 1. The lowest BCUT2D eigenvalue weighted by Gasteiger charge is -2.42. The van der Waals surface area contributed by atoms with E-state index in [4.69, 9.17) is 4.74 Å². The summed E-state index contributed by atoms with van der Waals surface area (Å²) in [5, 5.41) is 9.53. The van der Waals surface area contributed by atoms with E-state index in [1.807, 2.05) is 30.9 Å². The van der Waals surface area contributed by atoms with Gasteiger partial charge in [0.05, 0.1) is 18.8 Å². The van der Waals surface area contributed by atoms with Crippen LogP contribution in [0, 0.1) is 0 Å². The fourth-order valence-corrected chi connectivity index (χ4v) is 2.62. The van der Waals surface area contributed by atoms with Crippen LogP contribution in [0.15, 0.2) is 24.4 Å². The molecule has 0 radical (unpaired) electrons. The van der Waals surface area contributed by atoms with Gasteiger partial charge in [0.25, 0.3) is 0 Å². The lowest BCUT2D eigenvalue weighted by atomic mass is 10.0. The first-order valence-corrected chi connectivity index (χ1v) is 6.56. The van der Waals surface area contributed by atoms with Gasteiger partial charge in [0.15, 0.2) is 11.5 Å². The molecular weight excluding hydrogens is 258 g/mol. The number of anilines is 1. The molecular formula is C14H17N3O3. The van der Waals surface area contributed by atoms with Crippen LogP contribution in [0.1, 0.15) is 24.3 Å². The maximum absolute atomic E-state index is 11.6. The van der Waals surface area contributed by atoms with Gasteiger partial charge in [-0.05, 0) is 26.0 Å². The highest BCUT2D eigenvalue weighted by atomic mass is 16.5. The van der Waals surface area contributed by atoms with Crippen LogP contribution in [0.4, 0.5) is 5.82 Å². The normalized spacial score (nSPS) is 18.4. The third-order valence-corrected chi connectivity index (χ3v) is 3.61. The van der Waals surface area contributed by atoms with Crippen LogP contribution in [0.5, 0.6) is 0 Å². The van der Waals surface area contributed by atoms with E-state index in [9.17, 15) is 9.90 Å². The molecule has 0 saturated carbocycles. The summed E-state index contributed by atoms with van der Waals surface area (Å²) >= 11 is 0. The molecule has 1 aliphatic rings. The molecule has 2 aromatic heterocycles. The minimum Gasteiger partial charge on any atom is -0.476 e. The Morgan fingerprint density at radius 3 is 2.95 bits per heavy atom. The molecule has 0 atom stereocenters. The van der Waals surface area contributed by atoms with Gasteiger partial charge >= 0.3 is 5.97 Å². The number of carboxylic acid groups (broad SMARTS) is 1. The minimum atomic E-state index is -0.971. The Hall–Kier alpha value is -2.08. The molecule has 106 valence electrons. The van der Waals surface area contributed by atoms with Crippen LogP contribution in [0.25, 0.3) is 5.65 Å². The van der Waals surface area contributed by atoms with Gasteiger partial charge in [-0.2, -0.15) is 0 Å². The molecule has 0 unspecified atom stereocenters. The number of aromatic carboxylic acids is 1. The van der Waals surface area contributed by atoms with Crippen molar-refractivity contribution in [1.82, 2.24) is 9.38 Å². The third kappa shape index (κ3) is 1.92. The van der Waals surface area contributed by atoms with Crippen LogP contribution in [0.2, 0.25) is 0 Å². The Bertz CT molecular complexity index is 663. The van der Waals surface area contributed by atoms with Gasteiger partial charge in [0, 0.05) is 12.7 Å². The van der Waals surface area contributed by atoms with E-state index in [0.29, 0.717) is 31.2 Å². The molecule has 6 nitrogen and oxygen atoms in total. The van der Waals surface area contributed by atoms with Crippen molar-refractivity contribution >= 4 is 17.4 Å². The summed E-state index contributed by atoms with van der Waals surface area (Å²) in [5.41, 5.74) is 0.568. The standard InChI is InChI=1S/C14H17N3O3/c1-14(2)9-20-8-7-17(14)12-11(13(18)19)16-6-4-3-5-10(16)15-12/h3-6H,7-9H2,1-2H3,(H,18,19). The largest absolute Gasteiger partial charge is 0.476 e. The lowest BCUT2D eigenvalue weighted by molar-refractivity contribution is 0.0623.